The maximum absolute atomic E-state index is 11.9. The molecule has 11 nitrogen and oxygen atoms in total. The molecule has 194 valence electrons. The Labute approximate surface area is 202 Å². The number of hydrogen-bond acceptors (Lipinski definition) is 11. The van der Waals surface area contributed by atoms with Crippen molar-refractivity contribution in [2.45, 2.75) is 98.5 Å². The summed E-state index contributed by atoms with van der Waals surface area (Å²) in [5.74, 6) is -2.27. The average molecular weight is 505 g/mol. The molecule has 12 heteroatoms. The number of carbonyl (C=O) groups excluding carboxylic acids is 3. The summed E-state index contributed by atoms with van der Waals surface area (Å²) in [7, 11) is -1.67. The van der Waals surface area contributed by atoms with Crippen LogP contribution in [0.3, 0.4) is 0 Å². The molecule has 34 heavy (non-hydrogen) atoms. The van der Waals surface area contributed by atoms with Crippen molar-refractivity contribution in [3.8, 4) is 6.07 Å². The van der Waals surface area contributed by atoms with E-state index in [0.29, 0.717) is 0 Å². The van der Waals surface area contributed by atoms with Crippen molar-refractivity contribution in [3.63, 3.8) is 0 Å². The minimum atomic E-state index is -1.67. The monoisotopic (exact) mass is 504 g/mol. The molecule has 1 aliphatic heterocycles. The van der Waals surface area contributed by atoms with E-state index >= 15 is 0 Å². The highest BCUT2D eigenvalue weighted by Crippen LogP contribution is 2.49. The summed E-state index contributed by atoms with van der Waals surface area (Å²) in [5, 5.41) is 8.92. The van der Waals surface area contributed by atoms with Gasteiger partial charge in [0.2, 0.25) is 0 Å². The zero-order chi connectivity index (χ0) is 26.0. The van der Waals surface area contributed by atoms with E-state index in [-0.39, 0.29) is 31.7 Å². The molecule has 0 aromatic carbocycles. The topological polar surface area (TPSA) is 134 Å². The minimum Gasteiger partial charge on any atom is -0.463 e. The molecule has 1 saturated heterocycles. The summed E-state index contributed by atoms with van der Waals surface area (Å²) in [5.41, 5.74) is 0. The number of ether oxygens (including phenoxy) is 4. The van der Waals surface area contributed by atoms with E-state index < -0.39 is 57.0 Å². The van der Waals surface area contributed by atoms with Gasteiger partial charge in [-0.25, -0.2) is 4.67 Å². The average Bonchev–Trinajstić information content (AvgIpc) is 2.70. The Morgan fingerprint density at radius 3 is 2.03 bits per heavy atom. The molecule has 1 heterocycles. The number of nitrogens with zero attached hydrogens (tertiary/aromatic N) is 2. The van der Waals surface area contributed by atoms with Crippen molar-refractivity contribution in [1.82, 2.24) is 4.67 Å². The van der Waals surface area contributed by atoms with Crippen molar-refractivity contribution < 1.29 is 42.4 Å². The zero-order valence-electron chi connectivity index (χ0n) is 21.2. The van der Waals surface area contributed by atoms with Gasteiger partial charge in [-0.15, -0.1) is 0 Å². The van der Waals surface area contributed by atoms with Crippen LogP contribution in [-0.2, 0) is 42.4 Å². The molecule has 0 radical (unpaired) electrons. The van der Waals surface area contributed by atoms with Crippen molar-refractivity contribution >= 4 is 26.4 Å². The van der Waals surface area contributed by atoms with Gasteiger partial charge < -0.3 is 23.5 Å². The standard InChI is InChI=1S/C22H37N2O9P/c1-13(2)24(14(3)4)34(29-11-9-10-23)33-22-15(5)20(30-17(7)26)21(31-18(8)27)19(32-22)12-28-16(6)25/h13-15,19-22H,9,11-12H2,1-8H3. The lowest BCUT2D eigenvalue weighted by atomic mass is 9.92. The van der Waals surface area contributed by atoms with Crippen molar-refractivity contribution in [3.05, 3.63) is 0 Å². The number of hydrogen-bond donors (Lipinski definition) is 0. The van der Waals surface area contributed by atoms with Crippen LogP contribution in [0.15, 0.2) is 0 Å². The summed E-state index contributed by atoms with van der Waals surface area (Å²) in [6, 6.07) is 2.16. The summed E-state index contributed by atoms with van der Waals surface area (Å²) in [6.07, 6.45) is -3.62. The predicted molar refractivity (Wildman–Crippen MR) is 122 cm³/mol. The first kappa shape index (κ1) is 30.2. The smallest absolute Gasteiger partial charge is 0.303 e. The van der Waals surface area contributed by atoms with Crippen molar-refractivity contribution in [2.24, 2.45) is 5.92 Å². The second-order valence-corrected chi connectivity index (χ2v) is 9.91. The van der Waals surface area contributed by atoms with E-state index in [0.717, 1.165) is 0 Å². The van der Waals surface area contributed by atoms with Gasteiger partial charge in [-0.1, -0.05) is 6.92 Å². The van der Waals surface area contributed by atoms with Gasteiger partial charge in [0.15, 0.2) is 12.4 Å². The quantitative estimate of drug-likeness (QED) is 0.168. The summed E-state index contributed by atoms with van der Waals surface area (Å²) >= 11 is 0. The molecule has 1 fully saturated rings. The molecule has 1 rings (SSSR count). The van der Waals surface area contributed by atoms with E-state index in [1.807, 2.05) is 38.4 Å². The Hall–Kier alpha value is -1.83. The molecule has 0 N–H and O–H groups in total. The molecule has 0 spiro atoms. The first-order valence-corrected chi connectivity index (χ1v) is 12.4. The van der Waals surface area contributed by atoms with Gasteiger partial charge in [0, 0.05) is 38.8 Å². The Balaban J connectivity index is 3.29. The second kappa shape index (κ2) is 14.5. The number of esters is 3. The van der Waals surface area contributed by atoms with Crippen LogP contribution < -0.4 is 0 Å². The maximum Gasteiger partial charge on any atom is 0.303 e. The molecular formula is C22H37N2O9P. The van der Waals surface area contributed by atoms with E-state index in [2.05, 4.69) is 0 Å². The van der Waals surface area contributed by atoms with Gasteiger partial charge in [0.25, 0.3) is 8.53 Å². The van der Waals surface area contributed by atoms with Crippen LogP contribution in [0.5, 0.6) is 0 Å². The van der Waals surface area contributed by atoms with Crippen LogP contribution in [0.25, 0.3) is 0 Å². The molecule has 0 saturated carbocycles. The molecule has 0 aromatic rings. The van der Waals surface area contributed by atoms with Gasteiger partial charge in [-0.3, -0.25) is 18.9 Å². The molecule has 1 aliphatic rings. The van der Waals surface area contributed by atoms with E-state index in [1.54, 1.807) is 6.92 Å². The van der Waals surface area contributed by atoms with Crippen LogP contribution in [0, 0.1) is 17.2 Å². The third-order valence-electron chi connectivity index (χ3n) is 4.86. The van der Waals surface area contributed by atoms with Gasteiger partial charge in [0.1, 0.15) is 18.8 Å². The normalized spacial score (nSPS) is 25.6. The molecule has 0 aliphatic carbocycles. The predicted octanol–water partition coefficient (Wildman–Crippen LogP) is 3.07. The van der Waals surface area contributed by atoms with Crippen LogP contribution in [0.2, 0.25) is 0 Å². The molecule has 0 bridgehead atoms. The highest BCUT2D eigenvalue weighted by Gasteiger charge is 2.50. The zero-order valence-corrected chi connectivity index (χ0v) is 22.1. The SMILES string of the molecule is CC(=O)OCC1OC(OP(OCCC#N)N(C(C)C)C(C)C)C(C)C(OC(C)=O)C1OC(C)=O. The van der Waals surface area contributed by atoms with Crippen LogP contribution >= 0.6 is 8.53 Å². The lowest BCUT2D eigenvalue weighted by Gasteiger charge is -2.45. The molecule has 6 unspecified atom stereocenters. The van der Waals surface area contributed by atoms with E-state index in [4.69, 9.17) is 33.3 Å². The first-order chi connectivity index (χ1) is 15.9. The van der Waals surface area contributed by atoms with E-state index in [1.165, 1.54) is 20.8 Å². The Morgan fingerprint density at radius 1 is 1.00 bits per heavy atom. The molecule has 0 aromatic heterocycles. The largest absolute Gasteiger partial charge is 0.463 e. The van der Waals surface area contributed by atoms with Crippen LogP contribution in [0.4, 0.5) is 0 Å². The van der Waals surface area contributed by atoms with Crippen LogP contribution in [0.1, 0.15) is 61.8 Å². The molecular weight excluding hydrogens is 467 g/mol. The first-order valence-electron chi connectivity index (χ1n) is 11.3. The molecule has 0 amide bonds. The summed E-state index contributed by atoms with van der Waals surface area (Å²) < 4.78 is 36.4. The third-order valence-corrected chi connectivity index (χ3v) is 6.95. The fourth-order valence-electron chi connectivity index (χ4n) is 3.58. The number of carbonyl (C=O) groups is 3. The van der Waals surface area contributed by atoms with E-state index in [9.17, 15) is 14.4 Å². The Bertz CT molecular complexity index is 720. The second-order valence-electron chi connectivity index (χ2n) is 8.50. The highest BCUT2D eigenvalue weighted by atomic mass is 31.2. The van der Waals surface area contributed by atoms with Crippen LogP contribution in [-0.4, -0.2) is 72.5 Å². The van der Waals surface area contributed by atoms with Gasteiger partial charge in [0.05, 0.1) is 19.1 Å². The summed E-state index contributed by atoms with van der Waals surface area (Å²) in [4.78, 5) is 35.1. The summed E-state index contributed by atoms with van der Waals surface area (Å²) in [6.45, 7) is 13.4. The minimum absolute atomic E-state index is 0.0574. The lowest BCUT2D eigenvalue weighted by molar-refractivity contribution is -0.268. The molecule has 6 atom stereocenters. The highest BCUT2D eigenvalue weighted by molar-refractivity contribution is 7.44. The fourth-order valence-corrected chi connectivity index (χ4v) is 5.30. The number of rotatable bonds is 12. The van der Waals surface area contributed by atoms with Gasteiger partial charge in [-0.05, 0) is 27.7 Å². The lowest BCUT2D eigenvalue weighted by Crippen LogP contribution is -2.58. The Morgan fingerprint density at radius 2 is 1.56 bits per heavy atom. The third kappa shape index (κ3) is 9.43. The van der Waals surface area contributed by atoms with Crippen molar-refractivity contribution in [1.29, 1.82) is 5.26 Å². The number of nitriles is 1. The van der Waals surface area contributed by atoms with Gasteiger partial charge in [-0.2, -0.15) is 5.26 Å². The maximum atomic E-state index is 11.9. The fraction of sp³-hybridized carbons (Fsp3) is 0.818. The van der Waals surface area contributed by atoms with Crippen molar-refractivity contribution in [2.75, 3.05) is 13.2 Å². The Kier molecular flexibility index (Phi) is 12.9. The van der Waals surface area contributed by atoms with Gasteiger partial charge >= 0.3 is 17.9 Å².